The smallest absolute Gasteiger partial charge is 0.411 e. The van der Waals surface area contributed by atoms with E-state index in [0.29, 0.717) is 12.2 Å². The van der Waals surface area contributed by atoms with Crippen LogP contribution in [0.4, 0.5) is 20.6 Å². The Balaban J connectivity index is 1.99. The minimum atomic E-state index is -0.706. The van der Waals surface area contributed by atoms with Crippen molar-refractivity contribution in [1.29, 1.82) is 0 Å². The minimum Gasteiger partial charge on any atom is -0.453 e. The van der Waals surface area contributed by atoms with Crippen molar-refractivity contribution in [3.8, 4) is 0 Å². The van der Waals surface area contributed by atoms with Gasteiger partial charge in [-0.05, 0) is 25.1 Å². The van der Waals surface area contributed by atoms with E-state index in [-0.39, 0.29) is 5.69 Å². The first kappa shape index (κ1) is 14.3. The van der Waals surface area contributed by atoms with Crippen molar-refractivity contribution in [1.82, 2.24) is 4.98 Å². The van der Waals surface area contributed by atoms with Crippen LogP contribution in [0.1, 0.15) is 10.7 Å². The van der Waals surface area contributed by atoms with Gasteiger partial charge >= 0.3 is 6.09 Å². The summed E-state index contributed by atoms with van der Waals surface area (Å²) in [6.07, 6.45) is -0.706. The van der Waals surface area contributed by atoms with Crippen molar-refractivity contribution in [2.75, 3.05) is 17.7 Å². The topological polar surface area (TPSA) is 63.2 Å². The lowest BCUT2D eigenvalue weighted by Gasteiger charge is -2.08. The number of hydrogen-bond donors (Lipinski definition) is 2. The van der Waals surface area contributed by atoms with E-state index in [1.807, 2.05) is 12.3 Å². The second-order valence-corrected chi connectivity index (χ2v) is 5.08. The van der Waals surface area contributed by atoms with Crippen LogP contribution in [0.3, 0.4) is 0 Å². The molecule has 0 aliphatic heterocycles. The first-order chi connectivity index (χ1) is 9.58. The predicted octanol–water partition coefficient (Wildman–Crippen LogP) is 3.38. The standard InChI is InChI=1S/C13H14FN3O2S/c1-8-16-10(7-20-8)6-15-9-3-4-12(11(14)5-9)17-13(18)19-2/h3-5,7,15H,6H2,1-2H3,(H,17,18). The van der Waals surface area contributed by atoms with Gasteiger partial charge in [-0.3, -0.25) is 5.32 Å². The number of carbonyl (C=O) groups is 1. The molecule has 2 N–H and O–H groups in total. The third-order valence-corrected chi connectivity index (χ3v) is 3.35. The number of amides is 1. The van der Waals surface area contributed by atoms with Crippen molar-refractivity contribution < 1.29 is 13.9 Å². The second-order valence-electron chi connectivity index (χ2n) is 4.02. The number of thiazole rings is 1. The Morgan fingerprint density at radius 2 is 2.30 bits per heavy atom. The van der Waals surface area contributed by atoms with E-state index in [2.05, 4.69) is 20.4 Å². The number of aryl methyl sites for hydroxylation is 1. The normalized spacial score (nSPS) is 10.2. The van der Waals surface area contributed by atoms with E-state index >= 15 is 0 Å². The van der Waals surface area contributed by atoms with E-state index in [1.165, 1.54) is 19.2 Å². The average molecular weight is 295 g/mol. The molecular formula is C13H14FN3O2S. The summed E-state index contributed by atoms with van der Waals surface area (Å²) in [4.78, 5) is 15.3. The Morgan fingerprint density at radius 1 is 1.50 bits per heavy atom. The number of aromatic nitrogens is 1. The Labute approximate surface area is 119 Å². The van der Waals surface area contributed by atoms with E-state index in [4.69, 9.17) is 0 Å². The zero-order valence-electron chi connectivity index (χ0n) is 11.1. The van der Waals surface area contributed by atoms with Gasteiger partial charge in [-0.25, -0.2) is 14.2 Å². The quantitative estimate of drug-likeness (QED) is 0.907. The van der Waals surface area contributed by atoms with Gasteiger partial charge in [0.2, 0.25) is 0 Å². The molecule has 1 heterocycles. The Bertz CT molecular complexity index is 615. The molecule has 0 spiro atoms. The summed E-state index contributed by atoms with van der Waals surface area (Å²) in [7, 11) is 1.22. The van der Waals surface area contributed by atoms with Gasteiger partial charge in [0.05, 0.1) is 30.0 Å². The molecule has 20 heavy (non-hydrogen) atoms. The van der Waals surface area contributed by atoms with Crippen LogP contribution in [0.15, 0.2) is 23.6 Å². The van der Waals surface area contributed by atoms with E-state index in [1.54, 1.807) is 17.4 Å². The number of benzene rings is 1. The highest BCUT2D eigenvalue weighted by atomic mass is 32.1. The molecule has 0 atom stereocenters. The minimum absolute atomic E-state index is 0.0758. The first-order valence-corrected chi connectivity index (χ1v) is 6.76. The number of ether oxygens (including phenoxy) is 1. The summed E-state index contributed by atoms with van der Waals surface area (Å²) in [6, 6.07) is 4.46. The van der Waals surface area contributed by atoms with Crippen LogP contribution in [0, 0.1) is 12.7 Å². The lowest BCUT2D eigenvalue weighted by molar-refractivity contribution is 0.187. The van der Waals surface area contributed by atoms with Crippen LogP contribution in [0.5, 0.6) is 0 Å². The van der Waals surface area contributed by atoms with Crippen molar-refractivity contribution in [3.63, 3.8) is 0 Å². The number of halogens is 1. The van der Waals surface area contributed by atoms with Crippen LogP contribution in [0.2, 0.25) is 0 Å². The molecule has 5 nitrogen and oxygen atoms in total. The molecule has 106 valence electrons. The fourth-order valence-corrected chi connectivity index (χ4v) is 2.18. The molecule has 0 bridgehead atoms. The Hall–Kier alpha value is -2.15. The van der Waals surface area contributed by atoms with Crippen molar-refractivity contribution in [3.05, 3.63) is 40.1 Å². The monoisotopic (exact) mass is 295 g/mol. The molecule has 0 saturated heterocycles. The maximum Gasteiger partial charge on any atom is 0.411 e. The maximum atomic E-state index is 13.8. The van der Waals surface area contributed by atoms with Crippen LogP contribution in [0.25, 0.3) is 0 Å². The zero-order chi connectivity index (χ0) is 14.5. The van der Waals surface area contributed by atoms with Gasteiger partial charge in [0, 0.05) is 11.1 Å². The number of hydrogen-bond acceptors (Lipinski definition) is 5. The van der Waals surface area contributed by atoms with Gasteiger partial charge in [-0.1, -0.05) is 0 Å². The molecule has 0 aliphatic rings. The van der Waals surface area contributed by atoms with Crippen LogP contribution >= 0.6 is 11.3 Å². The Kier molecular flexibility index (Phi) is 4.52. The van der Waals surface area contributed by atoms with Crippen LogP contribution in [-0.2, 0) is 11.3 Å². The van der Waals surface area contributed by atoms with Crippen molar-refractivity contribution >= 4 is 28.8 Å². The highest BCUT2D eigenvalue weighted by molar-refractivity contribution is 7.09. The van der Waals surface area contributed by atoms with E-state index in [0.717, 1.165) is 10.7 Å². The van der Waals surface area contributed by atoms with Gasteiger partial charge in [-0.15, -0.1) is 11.3 Å². The van der Waals surface area contributed by atoms with Gasteiger partial charge < -0.3 is 10.1 Å². The van der Waals surface area contributed by atoms with Gasteiger partial charge in [0.1, 0.15) is 5.82 Å². The summed E-state index contributed by atoms with van der Waals surface area (Å²) < 4.78 is 18.2. The number of rotatable bonds is 4. The number of nitrogens with zero attached hydrogens (tertiary/aromatic N) is 1. The van der Waals surface area contributed by atoms with Crippen molar-refractivity contribution in [2.45, 2.75) is 13.5 Å². The lowest BCUT2D eigenvalue weighted by atomic mass is 10.2. The van der Waals surface area contributed by atoms with Crippen molar-refractivity contribution in [2.24, 2.45) is 0 Å². The van der Waals surface area contributed by atoms with E-state index in [9.17, 15) is 9.18 Å². The van der Waals surface area contributed by atoms with Gasteiger partial charge in [-0.2, -0.15) is 0 Å². The van der Waals surface area contributed by atoms with E-state index < -0.39 is 11.9 Å². The zero-order valence-corrected chi connectivity index (χ0v) is 11.9. The molecule has 0 fully saturated rings. The molecule has 0 saturated carbocycles. The molecule has 0 radical (unpaired) electrons. The average Bonchev–Trinajstić information content (AvgIpc) is 2.85. The molecule has 1 aromatic heterocycles. The fraction of sp³-hybridized carbons (Fsp3) is 0.231. The fourth-order valence-electron chi connectivity index (χ4n) is 1.57. The second kappa shape index (κ2) is 6.33. The third-order valence-electron chi connectivity index (χ3n) is 2.53. The molecule has 0 aliphatic carbocycles. The summed E-state index contributed by atoms with van der Waals surface area (Å²) in [5.41, 5.74) is 1.60. The largest absolute Gasteiger partial charge is 0.453 e. The third kappa shape index (κ3) is 3.67. The first-order valence-electron chi connectivity index (χ1n) is 5.88. The molecule has 7 heteroatoms. The van der Waals surface area contributed by atoms with Gasteiger partial charge in [0.15, 0.2) is 0 Å². The summed E-state index contributed by atoms with van der Waals surface area (Å²) >= 11 is 1.57. The van der Waals surface area contributed by atoms with Crippen LogP contribution < -0.4 is 10.6 Å². The summed E-state index contributed by atoms with van der Waals surface area (Å²) in [6.45, 7) is 2.45. The molecular weight excluding hydrogens is 281 g/mol. The lowest BCUT2D eigenvalue weighted by Crippen LogP contribution is -2.12. The number of methoxy groups -OCH3 is 1. The van der Waals surface area contributed by atoms with Gasteiger partial charge in [0.25, 0.3) is 0 Å². The van der Waals surface area contributed by atoms with Crippen LogP contribution in [-0.4, -0.2) is 18.2 Å². The number of carbonyl (C=O) groups excluding carboxylic acids is 1. The summed E-state index contributed by atoms with van der Waals surface area (Å²) in [5.74, 6) is -0.533. The maximum absolute atomic E-state index is 13.8. The highest BCUT2D eigenvalue weighted by Crippen LogP contribution is 2.20. The number of nitrogens with one attached hydrogen (secondary N) is 2. The molecule has 1 amide bonds. The predicted molar refractivity (Wildman–Crippen MR) is 76.6 cm³/mol. The molecule has 2 aromatic rings. The Morgan fingerprint density at radius 3 is 2.90 bits per heavy atom. The number of anilines is 2. The summed E-state index contributed by atoms with van der Waals surface area (Å²) in [5, 5.41) is 8.30. The molecule has 1 aromatic carbocycles. The molecule has 2 rings (SSSR count). The SMILES string of the molecule is COC(=O)Nc1ccc(NCc2csc(C)n2)cc1F. The molecule has 0 unspecified atom stereocenters. The highest BCUT2D eigenvalue weighted by Gasteiger charge is 2.07.